The normalized spacial score (nSPS) is 15.3. The standard InChI is InChI=1S/C29H32FN7O2/c1-21(2)34-14-7-15-36(29(39)26-10-5-6-13-31-26)27-18-23(30)12-11-22(27)19-35(17-16-34)28(38)20-37-32-24-8-3-4-9-25(24)33-37/h3-6,8-13,18,21H,7,14-17,19-20H2,1-2H3. The van der Waals surface area contributed by atoms with Crippen molar-refractivity contribution < 1.29 is 14.0 Å². The van der Waals surface area contributed by atoms with Gasteiger partial charge >= 0.3 is 0 Å². The van der Waals surface area contributed by atoms with E-state index in [0.29, 0.717) is 37.3 Å². The minimum Gasteiger partial charge on any atom is -0.335 e. The second-order valence-corrected chi connectivity index (χ2v) is 9.96. The lowest BCUT2D eigenvalue weighted by atomic mass is 10.1. The van der Waals surface area contributed by atoms with Crippen molar-refractivity contribution in [2.75, 3.05) is 31.1 Å². The Balaban J connectivity index is 1.49. The van der Waals surface area contributed by atoms with Crippen molar-refractivity contribution in [3.8, 4) is 0 Å². The van der Waals surface area contributed by atoms with E-state index in [9.17, 15) is 14.0 Å². The fourth-order valence-electron chi connectivity index (χ4n) is 4.88. The van der Waals surface area contributed by atoms with E-state index in [2.05, 4.69) is 33.9 Å². The highest BCUT2D eigenvalue weighted by atomic mass is 19.1. The number of nitrogens with zero attached hydrogens (tertiary/aromatic N) is 7. The van der Waals surface area contributed by atoms with E-state index < -0.39 is 5.82 Å². The van der Waals surface area contributed by atoms with Crippen molar-refractivity contribution in [1.29, 1.82) is 0 Å². The molecule has 202 valence electrons. The SMILES string of the molecule is CC(C)N1CCCN(C(=O)c2ccccn2)c2cc(F)ccc2CN(C(=O)Cn2nc3ccccc3n2)CC1. The molecule has 2 aromatic heterocycles. The Bertz CT molecular complexity index is 1420. The molecule has 3 heterocycles. The number of hydrogen-bond donors (Lipinski definition) is 0. The highest BCUT2D eigenvalue weighted by Crippen LogP contribution is 2.26. The molecule has 0 N–H and O–H groups in total. The zero-order chi connectivity index (χ0) is 27.4. The summed E-state index contributed by atoms with van der Waals surface area (Å²) < 4.78 is 14.6. The summed E-state index contributed by atoms with van der Waals surface area (Å²) in [5, 5.41) is 8.89. The molecule has 0 radical (unpaired) electrons. The van der Waals surface area contributed by atoms with Crippen LogP contribution in [0.5, 0.6) is 0 Å². The number of benzene rings is 2. The predicted molar refractivity (Wildman–Crippen MR) is 147 cm³/mol. The van der Waals surface area contributed by atoms with Crippen LogP contribution >= 0.6 is 0 Å². The van der Waals surface area contributed by atoms with Crippen LogP contribution in [0.2, 0.25) is 0 Å². The monoisotopic (exact) mass is 529 g/mol. The van der Waals surface area contributed by atoms with Crippen LogP contribution < -0.4 is 4.90 Å². The first-order valence-electron chi connectivity index (χ1n) is 13.2. The van der Waals surface area contributed by atoms with E-state index in [1.54, 1.807) is 40.3 Å². The molecule has 10 heteroatoms. The van der Waals surface area contributed by atoms with E-state index in [4.69, 9.17) is 0 Å². The van der Waals surface area contributed by atoms with Crippen molar-refractivity contribution >= 4 is 28.5 Å². The van der Waals surface area contributed by atoms with Crippen LogP contribution in [0.15, 0.2) is 66.9 Å². The first-order chi connectivity index (χ1) is 18.9. The molecule has 2 aromatic carbocycles. The predicted octanol–water partition coefficient (Wildman–Crippen LogP) is 3.76. The van der Waals surface area contributed by atoms with Gasteiger partial charge in [0.1, 0.15) is 29.1 Å². The molecule has 0 aliphatic carbocycles. The molecule has 1 aliphatic heterocycles. The highest BCUT2D eigenvalue weighted by Gasteiger charge is 2.26. The van der Waals surface area contributed by atoms with E-state index in [-0.39, 0.29) is 36.6 Å². The van der Waals surface area contributed by atoms with E-state index in [1.807, 2.05) is 24.3 Å². The number of halogens is 1. The zero-order valence-corrected chi connectivity index (χ0v) is 22.2. The molecule has 0 fully saturated rings. The van der Waals surface area contributed by atoms with Gasteiger partial charge in [0.2, 0.25) is 5.91 Å². The molecule has 0 bridgehead atoms. The van der Waals surface area contributed by atoms with Crippen molar-refractivity contribution in [1.82, 2.24) is 29.8 Å². The van der Waals surface area contributed by atoms with Crippen molar-refractivity contribution in [2.45, 2.75) is 39.4 Å². The van der Waals surface area contributed by atoms with Gasteiger partial charge in [-0.15, -0.1) is 0 Å². The lowest BCUT2D eigenvalue weighted by molar-refractivity contribution is -0.133. The van der Waals surface area contributed by atoms with Gasteiger partial charge in [-0.1, -0.05) is 24.3 Å². The third-order valence-corrected chi connectivity index (χ3v) is 7.00. The zero-order valence-electron chi connectivity index (χ0n) is 22.2. The summed E-state index contributed by atoms with van der Waals surface area (Å²) in [5.41, 5.74) is 2.86. The topological polar surface area (TPSA) is 87.5 Å². The Kier molecular flexibility index (Phi) is 7.92. The summed E-state index contributed by atoms with van der Waals surface area (Å²) in [7, 11) is 0. The van der Waals surface area contributed by atoms with Crippen LogP contribution in [0.25, 0.3) is 11.0 Å². The van der Waals surface area contributed by atoms with Gasteiger partial charge in [0.05, 0.1) is 5.69 Å². The summed E-state index contributed by atoms with van der Waals surface area (Å²) in [6, 6.07) is 17.3. The molecule has 2 amide bonds. The van der Waals surface area contributed by atoms with Crippen LogP contribution in [-0.4, -0.2) is 73.8 Å². The number of carbonyl (C=O) groups is 2. The number of aromatic nitrogens is 4. The molecular weight excluding hydrogens is 497 g/mol. The number of anilines is 1. The third kappa shape index (κ3) is 6.12. The van der Waals surface area contributed by atoms with Crippen molar-refractivity contribution in [3.05, 3.63) is 83.9 Å². The quantitative estimate of drug-likeness (QED) is 0.400. The van der Waals surface area contributed by atoms with Gasteiger partial charge in [-0.3, -0.25) is 19.5 Å². The molecule has 0 saturated heterocycles. The molecule has 5 rings (SSSR count). The molecule has 0 atom stereocenters. The fraction of sp³-hybridized carbons (Fsp3) is 0.345. The Labute approximate surface area is 226 Å². The van der Waals surface area contributed by atoms with Gasteiger partial charge < -0.3 is 9.80 Å². The Morgan fingerprint density at radius 3 is 2.36 bits per heavy atom. The number of carbonyl (C=O) groups excluding carboxylic acids is 2. The van der Waals surface area contributed by atoms with E-state index in [0.717, 1.165) is 17.6 Å². The number of pyridine rings is 1. The Morgan fingerprint density at radius 2 is 1.67 bits per heavy atom. The molecule has 1 aliphatic rings. The number of fused-ring (bicyclic) bond motifs is 2. The number of hydrogen-bond acceptors (Lipinski definition) is 6. The summed E-state index contributed by atoms with van der Waals surface area (Å²) in [5.74, 6) is -0.907. The maximum atomic E-state index is 14.6. The second-order valence-electron chi connectivity index (χ2n) is 9.96. The van der Waals surface area contributed by atoms with Gasteiger partial charge in [0, 0.05) is 45.0 Å². The van der Waals surface area contributed by atoms with Gasteiger partial charge in [-0.2, -0.15) is 15.0 Å². The summed E-state index contributed by atoms with van der Waals surface area (Å²) in [4.78, 5) is 38.5. The molecule has 0 unspecified atom stereocenters. The molecule has 39 heavy (non-hydrogen) atoms. The Morgan fingerprint density at radius 1 is 0.923 bits per heavy atom. The minimum absolute atomic E-state index is 0.0243. The molecule has 0 spiro atoms. The van der Waals surface area contributed by atoms with Gasteiger partial charge in [0.15, 0.2) is 0 Å². The van der Waals surface area contributed by atoms with Crippen LogP contribution in [0.3, 0.4) is 0 Å². The third-order valence-electron chi connectivity index (χ3n) is 7.00. The van der Waals surface area contributed by atoms with Crippen LogP contribution in [0.1, 0.15) is 36.3 Å². The van der Waals surface area contributed by atoms with Gasteiger partial charge in [-0.25, -0.2) is 4.39 Å². The van der Waals surface area contributed by atoms with E-state index in [1.165, 1.54) is 16.9 Å². The number of rotatable bonds is 4. The van der Waals surface area contributed by atoms with Crippen molar-refractivity contribution in [2.24, 2.45) is 0 Å². The maximum absolute atomic E-state index is 14.6. The summed E-state index contributed by atoms with van der Waals surface area (Å²) >= 11 is 0. The molecule has 4 aromatic rings. The Hall–Kier alpha value is -4.18. The first-order valence-corrected chi connectivity index (χ1v) is 13.2. The summed E-state index contributed by atoms with van der Waals surface area (Å²) in [6.45, 7) is 6.69. The van der Waals surface area contributed by atoms with E-state index >= 15 is 0 Å². The lowest BCUT2D eigenvalue weighted by Gasteiger charge is -2.30. The van der Waals surface area contributed by atoms with Crippen LogP contribution in [-0.2, 0) is 17.9 Å². The minimum atomic E-state index is -0.448. The fourth-order valence-corrected chi connectivity index (χ4v) is 4.88. The molecule has 0 saturated carbocycles. The lowest BCUT2D eigenvalue weighted by Crippen LogP contribution is -2.42. The van der Waals surface area contributed by atoms with Gasteiger partial charge in [0.25, 0.3) is 5.91 Å². The maximum Gasteiger partial charge on any atom is 0.276 e. The molecular formula is C29H32FN7O2. The van der Waals surface area contributed by atoms with Crippen molar-refractivity contribution in [3.63, 3.8) is 0 Å². The smallest absolute Gasteiger partial charge is 0.276 e. The average Bonchev–Trinajstić information content (AvgIpc) is 3.33. The highest BCUT2D eigenvalue weighted by molar-refractivity contribution is 6.05. The average molecular weight is 530 g/mol. The number of amides is 2. The molecule has 9 nitrogen and oxygen atoms in total. The van der Waals surface area contributed by atoms with Crippen LogP contribution in [0.4, 0.5) is 10.1 Å². The summed E-state index contributed by atoms with van der Waals surface area (Å²) in [6.07, 6.45) is 2.25. The first kappa shape index (κ1) is 26.4. The second kappa shape index (κ2) is 11.7. The van der Waals surface area contributed by atoms with Gasteiger partial charge in [-0.05, 0) is 62.2 Å². The largest absolute Gasteiger partial charge is 0.335 e. The van der Waals surface area contributed by atoms with Crippen LogP contribution in [0, 0.1) is 5.82 Å².